The van der Waals surface area contributed by atoms with Crippen LogP contribution in [0.15, 0.2) is 22.9 Å². The van der Waals surface area contributed by atoms with Crippen molar-refractivity contribution in [2.75, 3.05) is 25.9 Å². The molecule has 2 aromatic rings. The SMILES string of the molecule is Cc1nc(CCN(C2CN(C(=O)c3ccc(F)cn3)C2)S(C)(=O)=O)no1. The molecule has 1 aliphatic heterocycles. The number of hydrogen-bond donors (Lipinski definition) is 0. The number of hydrogen-bond acceptors (Lipinski definition) is 7. The lowest BCUT2D eigenvalue weighted by Crippen LogP contribution is -2.62. The number of aromatic nitrogens is 3. The number of pyridine rings is 1. The predicted molar refractivity (Wildman–Crippen MR) is 88.2 cm³/mol. The van der Waals surface area contributed by atoms with Crippen molar-refractivity contribution in [2.45, 2.75) is 19.4 Å². The molecule has 3 heterocycles. The molecule has 0 N–H and O–H groups in total. The first kappa shape index (κ1) is 18.4. The quantitative estimate of drug-likeness (QED) is 0.703. The van der Waals surface area contributed by atoms with Gasteiger partial charge in [0, 0.05) is 33.0 Å². The van der Waals surface area contributed by atoms with E-state index in [0.717, 1.165) is 18.5 Å². The van der Waals surface area contributed by atoms with E-state index in [4.69, 9.17) is 4.52 Å². The van der Waals surface area contributed by atoms with Crippen LogP contribution in [0.1, 0.15) is 22.2 Å². The van der Waals surface area contributed by atoms with E-state index in [0.29, 0.717) is 18.1 Å². The molecule has 1 fully saturated rings. The Kier molecular flexibility index (Phi) is 5.01. The highest BCUT2D eigenvalue weighted by Gasteiger charge is 2.39. The molecule has 0 aromatic carbocycles. The van der Waals surface area contributed by atoms with Crippen molar-refractivity contribution in [3.8, 4) is 0 Å². The van der Waals surface area contributed by atoms with E-state index in [1.165, 1.54) is 15.3 Å². The highest BCUT2D eigenvalue weighted by molar-refractivity contribution is 7.88. The summed E-state index contributed by atoms with van der Waals surface area (Å²) in [5.74, 6) is -0.0384. The molecule has 0 radical (unpaired) electrons. The molecule has 2 aromatic heterocycles. The van der Waals surface area contributed by atoms with E-state index in [1.807, 2.05) is 0 Å². The van der Waals surface area contributed by atoms with Crippen LogP contribution < -0.4 is 0 Å². The zero-order valence-corrected chi connectivity index (χ0v) is 15.1. The van der Waals surface area contributed by atoms with Gasteiger partial charge in [0.1, 0.15) is 11.5 Å². The molecule has 0 bridgehead atoms. The largest absolute Gasteiger partial charge is 0.340 e. The number of carbonyl (C=O) groups is 1. The van der Waals surface area contributed by atoms with Gasteiger partial charge in [0.05, 0.1) is 18.5 Å². The molecule has 0 atom stereocenters. The van der Waals surface area contributed by atoms with E-state index < -0.39 is 15.8 Å². The Bertz CT molecular complexity index is 893. The second kappa shape index (κ2) is 7.08. The van der Waals surface area contributed by atoms with Gasteiger partial charge in [-0.15, -0.1) is 0 Å². The van der Waals surface area contributed by atoms with Gasteiger partial charge in [-0.05, 0) is 12.1 Å². The number of amides is 1. The summed E-state index contributed by atoms with van der Waals surface area (Å²) >= 11 is 0. The van der Waals surface area contributed by atoms with E-state index in [2.05, 4.69) is 15.1 Å². The standard InChI is InChI=1S/C15H18FN5O4S/c1-10-18-14(19-25-10)5-6-21(26(2,23)24)12-8-20(9-12)15(22)13-4-3-11(16)7-17-13/h3-4,7,12H,5-6,8-9H2,1-2H3. The molecule has 0 spiro atoms. The van der Waals surface area contributed by atoms with E-state index in [9.17, 15) is 17.6 Å². The van der Waals surface area contributed by atoms with E-state index >= 15 is 0 Å². The highest BCUT2D eigenvalue weighted by atomic mass is 32.2. The van der Waals surface area contributed by atoms with E-state index in [1.54, 1.807) is 6.92 Å². The number of nitrogens with zero attached hydrogens (tertiary/aromatic N) is 5. The van der Waals surface area contributed by atoms with Gasteiger partial charge in [-0.3, -0.25) is 4.79 Å². The Morgan fingerprint density at radius 3 is 2.69 bits per heavy atom. The first-order chi connectivity index (χ1) is 12.2. The first-order valence-corrected chi connectivity index (χ1v) is 9.75. The lowest BCUT2D eigenvalue weighted by molar-refractivity contribution is 0.0448. The molecule has 1 amide bonds. The molecular formula is C15H18FN5O4S. The lowest BCUT2D eigenvalue weighted by atomic mass is 10.1. The predicted octanol–water partition coefficient (Wildman–Crippen LogP) is 0.241. The van der Waals surface area contributed by atoms with Gasteiger partial charge in [-0.1, -0.05) is 5.16 Å². The maximum absolute atomic E-state index is 12.9. The number of aryl methyl sites for hydroxylation is 1. The summed E-state index contributed by atoms with van der Waals surface area (Å²) in [6.45, 7) is 2.34. The van der Waals surface area contributed by atoms with Gasteiger partial charge < -0.3 is 9.42 Å². The minimum atomic E-state index is -3.46. The molecule has 26 heavy (non-hydrogen) atoms. The average Bonchev–Trinajstić information content (AvgIpc) is 2.93. The van der Waals surface area contributed by atoms with Crippen LogP contribution in [0.5, 0.6) is 0 Å². The molecule has 11 heteroatoms. The number of carbonyl (C=O) groups excluding carboxylic acids is 1. The zero-order chi connectivity index (χ0) is 18.9. The molecule has 0 aliphatic carbocycles. The van der Waals surface area contributed by atoms with Crippen molar-refractivity contribution in [2.24, 2.45) is 0 Å². The van der Waals surface area contributed by atoms with Gasteiger partial charge in [0.2, 0.25) is 15.9 Å². The smallest absolute Gasteiger partial charge is 0.272 e. The van der Waals surface area contributed by atoms with Crippen LogP contribution in [0.25, 0.3) is 0 Å². The second-order valence-electron chi connectivity index (χ2n) is 6.08. The molecule has 0 saturated carbocycles. The Balaban J connectivity index is 1.61. The third-order valence-electron chi connectivity index (χ3n) is 4.05. The van der Waals surface area contributed by atoms with Gasteiger partial charge in [0.15, 0.2) is 5.82 Å². The van der Waals surface area contributed by atoms with Crippen LogP contribution in [0.3, 0.4) is 0 Å². The Morgan fingerprint density at radius 2 is 2.15 bits per heavy atom. The molecule has 1 saturated heterocycles. The molecule has 9 nitrogen and oxygen atoms in total. The molecular weight excluding hydrogens is 365 g/mol. The Morgan fingerprint density at radius 1 is 1.42 bits per heavy atom. The first-order valence-electron chi connectivity index (χ1n) is 7.91. The van der Waals surface area contributed by atoms with E-state index in [-0.39, 0.29) is 37.3 Å². The zero-order valence-electron chi connectivity index (χ0n) is 14.3. The fraction of sp³-hybridized carbons (Fsp3) is 0.467. The molecule has 3 rings (SSSR count). The molecule has 140 valence electrons. The number of likely N-dealkylation sites (tertiary alicyclic amines) is 1. The Labute approximate surface area is 149 Å². The second-order valence-corrected chi connectivity index (χ2v) is 8.01. The summed E-state index contributed by atoms with van der Waals surface area (Å²) in [4.78, 5) is 21.6. The topological polar surface area (TPSA) is 110 Å². The summed E-state index contributed by atoms with van der Waals surface area (Å²) in [6, 6.07) is 2.13. The summed E-state index contributed by atoms with van der Waals surface area (Å²) in [5.41, 5.74) is 0.123. The van der Waals surface area contributed by atoms with Crippen molar-refractivity contribution in [3.63, 3.8) is 0 Å². The van der Waals surface area contributed by atoms with Gasteiger partial charge >= 0.3 is 0 Å². The highest BCUT2D eigenvalue weighted by Crippen LogP contribution is 2.20. The molecule has 0 unspecified atom stereocenters. The number of halogens is 1. The van der Waals surface area contributed by atoms with Crippen molar-refractivity contribution < 1.29 is 22.1 Å². The maximum Gasteiger partial charge on any atom is 0.272 e. The van der Waals surface area contributed by atoms with Gasteiger partial charge in [-0.2, -0.15) is 9.29 Å². The van der Waals surface area contributed by atoms with Crippen LogP contribution in [0, 0.1) is 12.7 Å². The Hall–Kier alpha value is -2.40. The fourth-order valence-corrected chi connectivity index (χ4v) is 3.84. The third kappa shape index (κ3) is 4.05. The van der Waals surface area contributed by atoms with Crippen LogP contribution in [-0.4, -0.2) is 70.6 Å². The minimum Gasteiger partial charge on any atom is -0.340 e. The van der Waals surface area contributed by atoms with Gasteiger partial charge in [-0.25, -0.2) is 17.8 Å². The van der Waals surface area contributed by atoms with Crippen LogP contribution in [-0.2, 0) is 16.4 Å². The number of rotatable bonds is 6. The minimum absolute atomic E-state index is 0.123. The van der Waals surface area contributed by atoms with Crippen molar-refractivity contribution in [1.82, 2.24) is 24.3 Å². The van der Waals surface area contributed by atoms with Gasteiger partial charge in [0.25, 0.3) is 5.91 Å². The maximum atomic E-state index is 12.9. The summed E-state index contributed by atoms with van der Waals surface area (Å²) in [7, 11) is -3.46. The van der Waals surface area contributed by atoms with Crippen LogP contribution in [0.4, 0.5) is 4.39 Å². The third-order valence-corrected chi connectivity index (χ3v) is 5.39. The average molecular weight is 383 g/mol. The van der Waals surface area contributed by atoms with Crippen molar-refractivity contribution in [3.05, 3.63) is 41.6 Å². The lowest BCUT2D eigenvalue weighted by Gasteiger charge is -2.44. The normalized spacial score (nSPS) is 15.3. The summed E-state index contributed by atoms with van der Waals surface area (Å²) < 4.78 is 43.3. The summed E-state index contributed by atoms with van der Waals surface area (Å²) in [5, 5.41) is 3.75. The fourth-order valence-electron chi connectivity index (χ4n) is 2.74. The summed E-state index contributed by atoms with van der Waals surface area (Å²) in [6.07, 6.45) is 2.41. The van der Waals surface area contributed by atoms with Crippen molar-refractivity contribution in [1.29, 1.82) is 0 Å². The molecule has 1 aliphatic rings. The number of sulfonamides is 1. The van der Waals surface area contributed by atoms with Crippen LogP contribution in [0.2, 0.25) is 0 Å². The van der Waals surface area contributed by atoms with Crippen molar-refractivity contribution >= 4 is 15.9 Å². The monoisotopic (exact) mass is 383 g/mol. The van der Waals surface area contributed by atoms with Crippen LogP contribution >= 0.6 is 0 Å².